The van der Waals surface area contributed by atoms with Crippen molar-refractivity contribution >= 4 is 0 Å². The largest absolute Gasteiger partial charge is 0.468 e. The predicted octanol–water partition coefficient (Wildman–Crippen LogP) is 1.52. The van der Waals surface area contributed by atoms with Crippen LogP contribution in [0, 0.1) is 0 Å². The lowest BCUT2D eigenvalue weighted by molar-refractivity contribution is 0.0955. The summed E-state index contributed by atoms with van der Waals surface area (Å²) in [6, 6.07) is 4.50. The molecule has 0 spiro atoms. The minimum Gasteiger partial charge on any atom is -0.468 e. The van der Waals surface area contributed by atoms with Gasteiger partial charge >= 0.3 is 0 Å². The summed E-state index contributed by atoms with van der Waals surface area (Å²) in [6.07, 6.45) is 6.66. The molecule has 1 aromatic rings. The summed E-state index contributed by atoms with van der Waals surface area (Å²) >= 11 is 0. The van der Waals surface area contributed by atoms with E-state index in [2.05, 4.69) is 4.90 Å². The van der Waals surface area contributed by atoms with Crippen LogP contribution in [0.2, 0.25) is 0 Å². The Balaban J connectivity index is 2.11. The number of nitrogens with two attached hydrogens (primary N) is 1. The van der Waals surface area contributed by atoms with Crippen molar-refractivity contribution in [2.75, 3.05) is 19.7 Å². The van der Waals surface area contributed by atoms with Gasteiger partial charge in [-0.2, -0.15) is 0 Å². The minimum atomic E-state index is 0.0975. The van der Waals surface area contributed by atoms with Gasteiger partial charge in [0, 0.05) is 19.1 Å². The van der Waals surface area contributed by atoms with Crippen LogP contribution in [0.15, 0.2) is 22.8 Å². The zero-order valence-corrected chi connectivity index (χ0v) is 10.2. The maximum Gasteiger partial charge on any atom is 0.122 e. The van der Waals surface area contributed by atoms with Crippen LogP contribution >= 0.6 is 0 Å². The maximum absolute atomic E-state index is 9.23. The number of aliphatic hydroxyl groups is 1. The van der Waals surface area contributed by atoms with Crippen molar-refractivity contribution in [3.8, 4) is 0 Å². The van der Waals surface area contributed by atoms with E-state index in [4.69, 9.17) is 10.2 Å². The molecular formula is C13H22N2O2. The van der Waals surface area contributed by atoms with E-state index in [0.29, 0.717) is 19.1 Å². The molecule has 0 amide bonds. The Morgan fingerprint density at radius 1 is 1.47 bits per heavy atom. The summed E-state index contributed by atoms with van der Waals surface area (Å²) in [5.41, 5.74) is 5.88. The van der Waals surface area contributed by atoms with Crippen LogP contribution in [-0.4, -0.2) is 35.7 Å². The molecule has 1 unspecified atom stereocenters. The van der Waals surface area contributed by atoms with Crippen LogP contribution in [0.4, 0.5) is 0 Å². The lowest BCUT2D eigenvalue weighted by Crippen LogP contribution is -2.41. The maximum atomic E-state index is 9.23. The highest BCUT2D eigenvalue weighted by Crippen LogP contribution is 2.30. The first kappa shape index (κ1) is 12.6. The molecule has 1 atom stereocenters. The average molecular weight is 238 g/mol. The van der Waals surface area contributed by atoms with Gasteiger partial charge in [-0.05, 0) is 25.0 Å². The number of hydrogen-bond acceptors (Lipinski definition) is 4. The van der Waals surface area contributed by atoms with Gasteiger partial charge in [0.25, 0.3) is 0 Å². The Bertz CT molecular complexity index is 307. The zero-order chi connectivity index (χ0) is 12.1. The van der Waals surface area contributed by atoms with E-state index >= 15 is 0 Å². The van der Waals surface area contributed by atoms with E-state index < -0.39 is 0 Å². The molecule has 1 saturated carbocycles. The van der Waals surface area contributed by atoms with Gasteiger partial charge in [-0.3, -0.25) is 4.90 Å². The number of nitrogens with zero attached hydrogens (tertiary/aromatic N) is 1. The molecule has 1 aromatic heterocycles. The number of rotatable bonds is 6. The average Bonchev–Trinajstić information content (AvgIpc) is 3.02. The van der Waals surface area contributed by atoms with Crippen molar-refractivity contribution in [1.82, 2.24) is 4.90 Å². The van der Waals surface area contributed by atoms with Gasteiger partial charge in [-0.1, -0.05) is 12.8 Å². The number of furan rings is 1. The Morgan fingerprint density at radius 2 is 2.24 bits per heavy atom. The molecule has 1 aliphatic rings. The summed E-state index contributed by atoms with van der Waals surface area (Å²) in [5.74, 6) is 0.910. The Morgan fingerprint density at radius 3 is 2.76 bits per heavy atom. The molecule has 0 bridgehead atoms. The van der Waals surface area contributed by atoms with Gasteiger partial charge in [-0.25, -0.2) is 0 Å². The second kappa shape index (κ2) is 6.19. The van der Waals surface area contributed by atoms with Crippen LogP contribution < -0.4 is 5.73 Å². The molecule has 17 heavy (non-hydrogen) atoms. The lowest BCUT2D eigenvalue weighted by atomic mass is 10.1. The Kier molecular flexibility index (Phi) is 4.59. The molecule has 1 fully saturated rings. The van der Waals surface area contributed by atoms with E-state index in [0.717, 1.165) is 5.76 Å². The molecule has 0 saturated heterocycles. The molecule has 96 valence electrons. The third kappa shape index (κ3) is 2.89. The second-order valence-corrected chi connectivity index (χ2v) is 4.67. The highest BCUT2D eigenvalue weighted by Gasteiger charge is 2.29. The van der Waals surface area contributed by atoms with Crippen molar-refractivity contribution in [3.05, 3.63) is 24.2 Å². The van der Waals surface area contributed by atoms with Crippen molar-refractivity contribution in [1.29, 1.82) is 0 Å². The Hall–Kier alpha value is -0.840. The van der Waals surface area contributed by atoms with E-state index in [-0.39, 0.29) is 12.6 Å². The first-order valence-electron chi connectivity index (χ1n) is 6.47. The molecular weight excluding hydrogens is 216 g/mol. The first-order chi connectivity index (χ1) is 8.36. The van der Waals surface area contributed by atoms with Crippen LogP contribution in [-0.2, 0) is 0 Å². The summed E-state index contributed by atoms with van der Waals surface area (Å²) in [4.78, 5) is 2.31. The van der Waals surface area contributed by atoms with Crippen LogP contribution in [0.3, 0.4) is 0 Å². The monoisotopic (exact) mass is 238 g/mol. The highest BCUT2D eigenvalue weighted by atomic mass is 16.3. The van der Waals surface area contributed by atoms with Gasteiger partial charge in [0.15, 0.2) is 0 Å². The number of hydrogen-bond donors (Lipinski definition) is 2. The molecule has 4 heteroatoms. The molecule has 0 radical (unpaired) electrons. The fourth-order valence-electron chi connectivity index (χ4n) is 2.84. The normalized spacial score (nSPS) is 19.0. The molecule has 3 N–H and O–H groups in total. The van der Waals surface area contributed by atoms with Crippen molar-refractivity contribution in [2.45, 2.75) is 37.8 Å². The second-order valence-electron chi connectivity index (χ2n) is 4.67. The van der Waals surface area contributed by atoms with Crippen LogP contribution in [0.1, 0.15) is 37.5 Å². The molecule has 4 nitrogen and oxygen atoms in total. The van der Waals surface area contributed by atoms with Crippen LogP contribution in [0.25, 0.3) is 0 Å². The summed E-state index contributed by atoms with van der Waals surface area (Å²) < 4.78 is 5.47. The van der Waals surface area contributed by atoms with Crippen molar-refractivity contribution in [2.24, 2.45) is 5.73 Å². The fourth-order valence-corrected chi connectivity index (χ4v) is 2.84. The first-order valence-corrected chi connectivity index (χ1v) is 6.47. The standard InChI is InChI=1S/C13H22N2O2/c14-10-12(13-6-3-9-17-13)15(7-8-16)11-4-1-2-5-11/h3,6,9,11-12,16H,1-2,4-5,7-8,10,14H2. The van der Waals surface area contributed by atoms with Crippen LogP contribution in [0.5, 0.6) is 0 Å². The van der Waals surface area contributed by atoms with E-state index in [1.165, 1.54) is 25.7 Å². The highest BCUT2D eigenvalue weighted by molar-refractivity contribution is 5.06. The van der Waals surface area contributed by atoms with E-state index in [1.54, 1.807) is 6.26 Å². The molecule has 1 aliphatic carbocycles. The van der Waals surface area contributed by atoms with Gasteiger partial charge < -0.3 is 15.3 Å². The molecule has 1 heterocycles. The van der Waals surface area contributed by atoms with Gasteiger partial charge in [0.2, 0.25) is 0 Å². The van der Waals surface area contributed by atoms with Crippen molar-refractivity contribution < 1.29 is 9.52 Å². The van der Waals surface area contributed by atoms with E-state index in [9.17, 15) is 5.11 Å². The summed E-state index contributed by atoms with van der Waals surface area (Å²) in [6.45, 7) is 1.38. The van der Waals surface area contributed by atoms with Crippen molar-refractivity contribution in [3.63, 3.8) is 0 Å². The third-order valence-corrected chi connectivity index (χ3v) is 3.65. The smallest absolute Gasteiger partial charge is 0.122 e. The molecule has 0 aliphatic heterocycles. The zero-order valence-electron chi connectivity index (χ0n) is 10.2. The fraction of sp³-hybridized carbons (Fsp3) is 0.692. The third-order valence-electron chi connectivity index (χ3n) is 3.65. The van der Waals surface area contributed by atoms with E-state index in [1.807, 2.05) is 12.1 Å². The van der Waals surface area contributed by atoms with Gasteiger partial charge in [-0.15, -0.1) is 0 Å². The topological polar surface area (TPSA) is 62.6 Å². The summed E-state index contributed by atoms with van der Waals surface area (Å²) in [7, 11) is 0. The lowest BCUT2D eigenvalue weighted by Gasteiger charge is -2.34. The molecule has 0 aromatic carbocycles. The predicted molar refractivity (Wildman–Crippen MR) is 66.6 cm³/mol. The SMILES string of the molecule is NCC(c1ccco1)N(CCO)C1CCCC1. The minimum absolute atomic E-state index is 0.0975. The van der Waals surface area contributed by atoms with Gasteiger partial charge in [0.1, 0.15) is 5.76 Å². The quantitative estimate of drug-likeness (QED) is 0.788. The molecule has 2 rings (SSSR count). The number of aliphatic hydroxyl groups excluding tert-OH is 1. The Labute approximate surface area is 102 Å². The summed E-state index contributed by atoms with van der Waals surface area (Å²) in [5, 5.41) is 9.23. The van der Waals surface area contributed by atoms with Gasteiger partial charge in [0.05, 0.1) is 18.9 Å².